The Morgan fingerprint density at radius 3 is 2.83 bits per heavy atom. The number of carbonyl (C=O) groups is 1. The van der Waals surface area contributed by atoms with Crippen LogP contribution in [0.1, 0.15) is 12.5 Å². The molecule has 0 fully saturated rings. The number of halogens is 1. The van der Waals surface area contributed by atoms with E-state index in [0.29, 0.717) is 17.3 Å². The SMILES string of the molecule is CCNCCNC(=O)Cc1cc(Cl)ccc1OC. The first-order chi connectivity index (χ1) is 8.67. The van der Waals surface area contributed by atoms with E-state index in [1.54, 1.807) is 25.3 Å². The predicted molar refractivity (Wildman–Crippen MR) is 73.3 cm³/mol. The number of rotatable bonds is 7. The Balaban J connectivity index is 2.50. The average Bonchev–Trinajstić information content (AvgIpc) is 2.35. The summed E-state index contributed by atoms with van der Waals surface area (Å²) >= 11 is 5.91. The third-order valence-corrected chi connectivity index (χ3v) is 2.70. The first-order valence-electron chi connectivity index (χ1n) is 5.97. The van der Waals surface area contributed by atoms with Crippen molar-refractivity contribution in [2.45, 2.75) is 13.3 Å². The lowest BCUT2D eigenvalue weighted by Crippen LogP contribution is -2.32. The van der Waals surface area contributed by atoms with Gasteiger partial charge in [-0.15, -0.1) is 0 Å². The van der Waals surface area contributed by atoms with Crippen molar-refractivity contribution < 1.29 is 9.53 Å². The highest BCUT2D eigenvalue weighted by atomic mass is 35.5. The minimum absolute atomic E-state index is 0.0338. The van der Waals surface area contributed by atoms with E-state index in [1.807, 2.05) is 6.92 Å². The lowest BCUT2D eigenvalue weighted by Gasteiger charge is -2.09. The van der Waals surface area contributed by atoms with Crippen molar-refractivity contribution in [2.24, 2.45) is 0 Å². The van der Waals surface area contributed by atoms with Crippen molar-refractivity contribution in [1.82, 2.24) is 10.6 Å². The first-order valence-corrected chi connectivity index (χ1v) is 6.35. The van der Waals surface area contributed by atoms with Gasteiger partial charge in [0, 0.05) is 23.7 Å². The molecule has 0 unspecified atom stereocenters. The average molecular weight is 271 g/mol. The normalized spacial score (nSPS) is 10.2. The van der Waals surface area contributed by atoms with Crippen LogP contribution in [0.2, 0.25) is 5.02 Å². The molecule has 1 rings (SSSR count). The van der Waals surface area contributed by atoms with Crippen molar-refractivity contribution >= 4 is 17.5 Å². The van der Waals surface area contributed by atoms with Crippen LogP contribution >= 0.6 is 11.6 Å². The molecule has 0 atom stereocenters. The van der Waals surface area contributed by atoms with Crippen LogP contribution in [-0.2, 0) is 11.2 Å². The maximum atomic E-state index is 11.7. The van der Waals surface area contributed by atoms with Gasteiger partial charge in [0.1, 0.15) is 5.75 Å². The van der Waals surface area contributed by atoms with Crippen LogP contribution in [0.4, 0.5) is 0 Å². The molecule has 0 aliphatic carbocycles. The largest absolute Gasteiger partial charge is 0.496 e. The third-order valence-electron chi connectivity index (χ3n) is 2.47. The molecule has 0 saturated heterocycles. The molecule has 1 aromatic carbocycles. The second-order valence-electron chi connectivity index (χ2n) is 3.84. The van der Waals surface area contributed by atoms with E-state index in [-0.39, 0.29) is 12.3 Å². The summed E-state index contributed by atoms with van der Waals surface area (Å²) in [5.74, 6) is 0.648. The Morgan fingerprint density at radius 2 is 2.17 bits per heavy atom. The zero-order chi connectivity index (χ0) is 13.4. The maximum Gasteiger partial charge on any atom is 0.224 e. The summed E-state index contributed by atoms with van der Waals surface area (Å²) < 4.78 is 5.19. The Bertz CT molecular complexity index is 397. The molecule has 18 heavy (non-hydrogen) atoms. The smallest absolute Gasteiger partial charge is 0.224 e. The molecule has 0 radical (unpaired) electrons. The summed E-state index contributed by atoms with van der Waals surface area (Å²) in [5.41, 5.74) is 0.797. The number of methoxy groups -OCH3 is 1. The molecule has 0 saturated carbocycles. The summed E-state index contributed by atoms with van der Waals surface area (Å²) in [7, 11) is 1.58. The molecule has 0 heterocycles. The molecule has 0 aromatic heterocycles. The molecular weight excluding hydrogens is 252 g/mol. The minimum atomic E-state index is -0.0338. The Kier molecular flexibility index (Phi) is 6.54. The molecule has 2 N–H and O–H groups in total. The highest BCUT2D eigenvalue weighted by Gasteiger charge is 2.08. The van der Waals surface area contributed by atoms with E-state index in [4.69, 9.17) is 16.3 Å². The van der Waals surface area contributed by atoms with Crippen LogP contribution < -0.4 is 15.4 Å². The van der Waals surface area contributed by atoms with Crippen molar-refractivity contribution in [1.29, 1.82) is 0 Å². The van der Waals surface area contributed by atoms with Gasteiger partial charge in [0.25, 0.3) is 0 Å². The minimum Gasteiger partial charge on any atom is -0.496 e. The van der Waals surface area contributed by atoms with Gasteiger partial charge >= 0.3 is 0 Å². The number of ether oxygens (including phenoxy) is 1. The topological polar surface area (TPSA) is 50.4 Å². The Hall–Kier alpha value is -1.26. The predicted octanol–water partition coefficient (Wildman–Crippen LogP) is 1.62. The number of benzene rings is 1. The molecule has 0 aliphatic heterocycles. The van der Waals surface area contributed by atoms with E-state index in [2.05, 4.69) is 10.6 Å². The third kappa shape index (κ3) is 4.94. The van der Waals surface area contributed by atoms with Gasteiger partial charge in [-0.05, 0) is 24.7 Å². The van der Waals surface area contributed by atoms with Gasteiger partial charge < -0.3 is 15.4 Å². The molecule has 0 aliphatic rings. The zero-order valence-electron chi connectivity index (χ0n) is 10.8. The van der Waals surface area contributed by atoms with E-state index in [9.17, 15) is 4.79 Å². The van der Waals surface area contributed by atoms with Crippen LogP contribution in [0.3, 0.4) is 0 Å². The molecule has 0 bridgehead atoms. The van der Waals surface area contributed by atoms with Gasteiger partial charge in [0.05, 0.1) is 13.5 Å². The van der Waals surface area contributed by atoms with Crippen LogP contribution in [0, 0.1) is 0 Å². The van der Waals surface area contributed by atoms with Crippen LogP contribution in [0.15, 0.2) is 18.2 Å². The summed E-state index contributed by atoms with van der Waals surface area (Å²) in [6.07, 6.45) is 0.274. The molecule has 4 nitrogen and oxygen atoms in total. The number of hydrogen-bond donors (Lipinski definition) is 2. The quantitative estimate of drug-likeness (QED) is 0.741. The second-order valence-corrected chi connectivity index (χ2v) is 4.27. The maximum absolute atomic E-state index is 11.7. The highest BCUT2D eigenvalue weighted by Crippen LogP contribution is 2.22. The first kappa shape index (κ1) is 14.8. The lowest BCUT2D eigenvalue weighted by atomic mass is 10.1. The van der Waals surface area contributed by atoms with Gasteiger partial charge in [-0.25, -0.2) is 0 Å². The van der Waals surface area contributed by atoms with Crippen LogP contribution in [-0.4, -0.2) is 32.7 Å². The van der Waals surface area contributed by atoms with Crippen molar-refractivity contribution in [3.8, 4) is 5.75 Å². The molecular formula is C13H19ClN2O2. The Morgan fingerprint density at radius 1 is 1.39 bits per heavy atom. The molecule has 0 spiro atoms. The molecule has 100 valence electrons. The van der Waals surface area contributed by atoms with Gasteiger partial charge in [0.2, 0.25) is 5.91 Å². The zero-order valence-corrected chi connectivity index (χ0v) is 11.5. The van der Waals surface area contributed by atoms with Crippen LogP contribution in [0.5, 0.6) is 5.75 Å². The fraction of sp³-hybridized carbons (Fsp3) is 0.462. The summed E-state index contributed by atoms with van der Waals surface area (Å²) in [4.78, 5) is 11.7. The van der Waals surface area contributed by atoms with E-state index >= 15 is 0 Å². The fourth-order valence-electron chi connectivity index (χ4n) is 1.59. The van der Waals surface area contributed by atoms with E-state index in [1.165, 1.54) is 0 Å². The van der Waals surface area contributed by atoms with Gasteiger partial charge in [-0.3, -0.25) is 4.79 Å². The van der Waals surface area contributed by atoms with Crippen molar-refractivity contribution in [3.63, 3.8) is 0 Å². The summed E-state index contributed by atoms with van der Waals surface area (Å²) in [6.45, 7) is 4.32. The monoisotopic (exact) mass is 270 g/mol. The Labute approximate surface area is 113 Å². The number of likely N-dealkylation sites (N-methyl/N-ethyl adjacent to an activating group) is 1. The van der Waals surface area contributed by atoms with Gasteiger partial charge in [-0.2, -0.15) is 0 Å². The van der Waals surface area contributed by atoms with E-state index < -0.39 is 0 Å². The van der Waals surface area contributed by atoms with Crippen molar-refractivity contribution in [3.05, 3.63) is 28.8 Å². The number of hydrogen-bond acceptors (Lipinski definition) is 3. The highest BCUT2D eigenvalue weighted by molar-refractivity contribution is 6.30. The number of amides is 1. The standard InChI is InChI=1S/C13H19ClN2O2/c1-3-15-6-7-16-13(17)9-10-8-11(14)4-5-12(10)18-2/h4-5,8,15H,3,6-7,9H2,1-2H3,(H,16,17). The molecule has 5 heteroatoms. The van der Waals surface area contributed by atoms with Crippen molar-refractivity contribution in [2.75, 3.05) is 26.7 Å². The van der Waals surface area contributed by atoms with Gasteiger partial charge in [0.15, 0.2) is 0 Å². The van der Waals surface area contributed by atoms with E-state index in [0.717, 1.165) is 18.7 Å². The number of carbonyl (C=O) groups excluding carboxylic acids is 1. The van der Waals surface area contributed by atoms with Crippen LogP contribution in [0.25, 0.3) is 0 Å². The number of nitrogens with one attached hydrogen (secondary N) is 2. The van der Waals surface area contributed by atoms with Gasteiger partial charge in [-0.1, -0.05) is 18.5 Å². The summed E-state index contributed by atoms with van der Waals surface area (Å²) in [5, 5.41) is 6.58. The fourth-order valence-corrected chi connectivity index (χ4v) is 1.78. The molecule has 1 aromatic rings. The second kappa shape index (κ2) is 7.95. The molecule has 1 amide bonds. The lowest BCUT2D eigenvalue weighted by molar-refractivity contribution is -0.120. The summed E-state index contributed by atoms with van der Waals surface area (Å²) in [6, 6.07) is 5.26.